The first-order valence-electron chi connectivity index (χ1n) is 7.92. The lowest BCUT2D eigenvalue weighted by Gasteiger charge is -2.31. The molecule has 0 aromatic rings. The smallest absolute Gasteiger partial charge is 0.395 e. The van der Waals surface area contributed by atoms with E-state index in [9.17, 15) is 23.1 Å². The van der Waals surface area contributed by atoms with Gasteiger partial charge in [-0.05, 0) is 25.3 Å². The zero-order chi connectivity index (χ0) is 17.0. The summed E-state index contributed by atoms with van der Waals surface area (Å²) in [6.07, 6.45) is 3.99. The van der Waals surface area contributed by atoms with Crippen LogP contribution in [0.25, 0.3) is 0 Å². The van der Waals surface area contributed by atoms with E-state index in [-0.39, 0.29) is 30.5 Å². The summed E-state index contributed by atoms with van der Waals surface area (Å²) in [4.78, 5) is 14.1. The van der Waals surface area contributed by atoms with Crippen molar-refractivity contribution in [1.29, 1.82) is 0 Å². The summed E-state index contributed by atoms with van der Waals surface area (Å²) in [6.45, 7) is 3.32. The summed E-state index contributed by atoms with van der Waals surface area (Å²) in [5, 5.41) is 9.46. The van der Waals surface area contributed by atoms with Crippen LogP contribution in [0.5, 0.6) is 0 Å². The Bertz CT molecular complexity index is 516. The molecule has 2 aliphatic rings. The summed E-state index contributed by atoms with van der Waals surface area (Å²) >= 11 is 0. The van der Waals surface area contributed by atoms with Crippen molar-refractivity contribution in [2.24, 2.45) is 11.8 Å². The number of hydrogen-bond donors (Lipinski definition) is 1. The highest BCUT2D eigenvalue weighted by molar-refractivity contribution is 5.81. The molecule has 0 aromatic carbocycles. The van der Waals surface area contributed by atoms with Gasteiger partial charge in [-0.3, -0.25) is 4.79 Å². The van der Waals surface area contributed by atoms with Gasteiger partial charge in [0.15, 0.2) is 0 Å². The number of hydrogen-bond acceptors (Lipinski definition) is 2. The number of aliphatic hydroxyl groups excluding tert-OH is 1. The molecular weight excluding hydrogens is 307 g/mol. The van der Waals surface area contributed by atoms with E-state index in [4.69, 9.17) is 0 Å². The number of aliphatic hydroxyl groups is 1. The number of alkyl halides is 3. The quantitative estimate of drug-likeness (QED) is 0.772. The molecule has 0 heterocycles. The van der Waals surface area contributed by atoms with Gasteiger partial charge in [0, 0.05) is 11.6 Å². The highest BCUT2D eigenvalue weighted by Gasteiger charge is 2.38. The zero-order valence-corrected chi connectivity index (χ0v) is 13.0. The average molecular weight is 329 g/mol. The Morgan fingerprint density at radius 1 is 1.30 bits per heavy atom. The van der Waals surface area contributed by atoms with Gasteiger partial charge in [-0.2, -0.15) is 13.2 Å². The van der Waals surface area contributed by atoms with Crippen molar-refractivity contribution < 1.29 is 23.1 Å². The molecule has 0 aromatic heterocycles. The number of halogens is 3. The van der Waals surface area contributed by atoms with E-state index in [1.165, 1.54) is 17.1 Å². The van der Waals surface area contributed by atoms with Gasteiger partial charge >= 0.3 is 6.18 Å². The van der Waals surface area contributed by atoms with Crippen molar-refractivity contribution in [3.8, 4) is 0 Å². The van der Waals surface area contributed by atoms with Gasteiger partial charge in [-0.1, -0.05) is 38.0 Å². The largest absolute Gasteiger partial charge is 0.511 e. The molecule has 1 atom stereocenters. The van der Waals surface area contributed by atoms with E-state index in [0.717, 1.165) is 38.2 Å². The maximum Gasteiger partial charge on any atom is 0.395 e. The molecule has 0 bridgehead atoms. The zero-order valence-electron chi connectivity index (χ0n) is 13.0. The predicted molar refractivity (Wildman–Crippen MR) is 81.4 cm³/mol. The van der Waals surface area contributed by atoms with Crippen molar-refractivity contribution in [3.63, 3.8) is 0 Å². The van der Waals surface area contributed by atoms with Gasteiger partial charge in [0.25, 0.3) is 0 Å². The third kappa shape index (κ3) is 4.62. The molecule has 1 fully saturated rings. The normalized spacial score (nSPS) is 22.6. The maximum atomic E-state index is 12.7. The Balaban J connectivity index is 2.13. The standard InChI is InChI=1S/C17H22F3NO2/c1-12(22)11-21(16(23)13-5-3-2-4-6-13)15-9-7-14(8-10-15)17(18,19)20/h7,9-10,13-14,22H,1-6,8,11H2. The fraction of sp³-hybridized carbons (Fsp3) is 0.588. The number of carbonyl (C=O) groups is 1. The topological polar surface area (TPSA) is 40.5 Å². The molecule has 128 valence electrons. The van der Waals surface area contributed by atoms with Crippen LogP contribution < -0.4 is 0 Å². The number of amides is 1. The SMILES string of the molecule is C=C(O)CN(C(=O)C1CCCCC1)C1=CCC(C(F)(F)F)C=C1. The molecule has 0 radical (unpaired) electrons. The lowest BCUT2D eigenvalue weighted by Crippen LogP contribution is -2.38. The third-order valence-electron chi connectivity index (χ3n) is 4.37. The number of allylic oxidation sites excluding steroid dienone is 3. The first-order chi connectivity index (χ1) is 10.8. The fourth-order valence-corrected chi connectivity index (χ4v) is 3.10. The van der Waals surface area contributed by atoms with Crippen LogP contribution in [0, 0.1) is 11.8 Å². The van der Waals surface area contributed by atoms with E-state index in [2.05, 4.69) is 6.58 Å². The Morgan fingerprint density at radius 2 is 1.96 bits per heavy atom. The van der Waals surface area contributed by atoms with Crippen LogP contribution in [0.3, 0.4) is 0 Å². The predicted octanol–water partition coefficient (Wildman–Crippen LogP) is 4.49. The molecule has 0 aliphatic heterocycles. The second-order valence-electron chi connectivity index (χ2n) is 6.20. The van der Waals surface area contributed by atoms with Gasteiger partial charge < -0.3 is 10.0 Å². The molecule has 1 unspecified atom stereocenters. The molecule has 1 saturated carbocycles. The monoisotopic (exact) mass is 329 g/mol. The number of carbonyl (C=O) groups excluding carboxylic acids is 1. The Labute approximate surface area is 134 Å². The van der Waals surface area contributed by atoms with Crippen LogP contribution >= 0.6 is 0 Å². The van der Waals surface area contributed by atoms with Gasteiger partial charge in [-0.15, -0.1) is 0 Å². The fourth-order valence-electron chi connectivity index (χ4n) is 3.10. The molecule has 2 rings (SSSR count). The lowest BCUT2D eigenvalue weighted by molar-refractivity contribution is -0.160. The first kappa shape index (κ1) is 17.6. The molecule has 3 nitrogen and oxygen atoms in total. The second kappa shape index (κ2) is 7.23. The molecule has 0 spiro atoms. The van der Waals surface area contributed by atoms with Gasteiger partial charge in [0.2, 0.25) is 5.91 Å². The van der Waals surface area contributed by atoms with Crippen LogP contribution in [0.4, 0.5) is 13.2 Å². The van der Waals surface area contributed by atoms with Crippen LogP contribution in [0.2, 0.25) is 0 Å². The summed E-state index contributed by atoms with van der Waals surface area (Å²) < 4.78 is 38.1. The van der Waals surface area contributed by atoms with Crippen molar-refractivity contribution >= 4 is 5.91 Å². The van der Waals surface area contributed by atoms with Gasteiger partial charge in [-0.25, -0.2) is 0 Å². The van der Waals surface area contributed by atoms with Crippen LogP contribution in [0.1, 0.15) is 38.5 Å². The minimum atomic E-state index is -4.28. The molecule has 1 amide bonds. The molecule has 2 aliphatic carbocycles. The van der Waals surface area contributed by atoms with E-state index >= 15 is 0 Å². The molecule has 23 heavy (non-hydrogen) atoms. The third-order valence-corrected chi connectivity index (χ3v) is 4.37. The second-order valence-corrected chi connectivity index (χ2v) is 6.20. The van der Waals surface area contributed by atoms with Crippen molar-refractivity contribution in [2.45, 2.75) is 44.7 Å². The van der Waals surface area contributed by atoms with E-state index in [1.54, 1.807) is 0 Å². The average Bonchev–Trinajstić information content (AvgIpc) is 2.52. The molecule has 6 heteroatoms. The van der Waals surface area contributed by atoms with Crippen molar-refractivity contribution in [3.05, 3.63) is 36.3 Å². The van der Waals surface area contributed by atoms with Crippen LogP contribution in [0.15, 0.2) is 36.3 Å². The first-order valence-corrected chi connectivity index (χ1v) is 7.92. The van der Waals surface area contributed by atoms with Gasteiger partial charge in [0.05, 0.1) is 12.5 Å². The summed E-state index contributed by atoms with van der Waals surface area (Å²) in [7, 11) is 0. The summed E-state index contributed by atoms with van der Waals surface area (Å²) in [5.74, 6) is -1.96. The van der Waals surface area contributed by atoms with E-state index < -0.39 is 12.1 Å². The van der Waals surface area contributed by atoms with E-state index in [0.29, 0.717) is 5.70 Å². The number of rotatable bonds is 4. The number of nitrogens with zero attached hydrogens (tertiary/aromatic N) is 1. The van der Waals surface area contributed by atoms with Crippen LogP contribution in [-0.2, 0) is 4.79 Å². The van der Waals surface area contributed by atoms with Gasteiger partial charge in [0.1, 0.15) is 5.76 Å². The highest BCUT2D eigenvalue weighted by atomic mass is 19.4. The minimum Gasteiger partial charge on any atom is -0.511 e. The highest BCUT2D eigenvalue weighted by Crippen LogP contribution is 2.34. The maximum absolute atomic E-state index is 12.7. The van der Waals surface area contributed by atoms with Crippen LogP contribution in [-0.4, -0.2) is 28.6 Å². The summed E-state index contributed by atoms with van der Waals surface area (Å²) in [6, 6.07) is 0. The Kier molecular flexibility index (Phi) is 5.55. The van der Waals surface area contributed by atoms with E-state index in [1.807, 2.05) is 0 Å². The Morgan fingerprint density at radius 3 is 2.43 bits per heavy atom. The molecule has 1 N–H and O–H groups in total. The molecular formula is C17H22F3NO2. The molecule has 0 saturated heterocycles. The van der Waals surface area contributed by atoms with Crippen molar-refractivity contribution in [1.82, 2.24) is 4.90 Å². The summed E-state index contributed by atoms with van der Waals surface area (Å²) in [5.41, 5.74) is 0.413. The van der Waals surface area contributed by atoms with Crippen molar-refractivity contribution in [2.75, 3.05) is 6.54 Å². The minimum absolute atomic E-state index is 0.0812. The lowest BCUT2D eigenvalue weighted by atomic mass is 9.88. The Hall–Kier alpha value is -1.72.